The van der Waals surface area contributed by atoms with Crippen LogP contribution >= 0.6 is 0 Å². The highest BCUT2D eigenvalue weighted by Gasteiger charge is 2.20. The lowest BCUT2D eigenvalue weighted by molar-refractivity contribution is 0.201. The zero-order valence-corrected chi connectivity index (χ0v) is 6.60. The Bertz CT molecular complexity index is 266. The number of hydrogen-bond acceptors (Lipinski definition) is 1. The Kier molecular flexibility index (Phi) is 1.70. The average Bonchev–Trinajstić information content (AvgIpc) is 2.57. The van der Waals surface area contributed by atoms with Crippen molar-refractivity contribution in [2.24, 2.45) is 0 Å². The molecule has 1 aliphatic carbocycles. The Labute approximate surface area is 71.0 Å². The van der Waals surface area contributed by atoms with Crippen molar-refractivity contribution in [3.05, 3.63) is 36.6 Å². The van der Waals surface area contributed by atoms with Crippen LogP contribution in [0.5, 0.6) is 0 Å². The van der Waals surface area contributed by atoms with Gasteiger partial charge in [0.25, 0.3) is 0 Å². The second kappa shape index (κ2) is 2.85. The van der Waals surface area contributed by atoms with Gasteiger partial charge < -0.3 is 10.2 Å². The Balaban J connectivity index is 2.12. The van der Waals surface area contributed by atoms with Crippen LogP contribution in [0, 0.1) is 0 Å². The van der Waals surface area contributed by atoms with E-state index in [1.807, 2.05) is 30.4 Å². The van der Waals surface area contributed by atoms with E-state index in [-0.39, 0.29) is 12.1 Å². The summed E-state index contributed by atoms with van der Waals surface area (Å²) in [5.41, 5.74) is 0. The molecule has 0 spiro atoms. The molecule has 62 valence electrons. The molecule has 2 aliphatic rings. The zero-order chi connectivity index (χ0) is 8.39. The van der Waals surface area contributed by atoms with Gasteiger partial charge in [0.1, 0.15) is 0 Å². The SMILES string of the molecule is O=C1NC=CCN1C1C=CC=C1. The number of carbonyl (C=O) groups is 1. The molecule has 0 unspecified atom stereocenters. The average molecular weight is 162 g/mol. The summed E-state index contributed by atoms with van der Waals surface area (Å²) < 4.78 is 0. The molecule has 0 bridgehead atoms. The Morgan fingerprint density at radius 2 is 2.17 bits per heavy atom. The predicted molar refractivity (Wildman–Crippen MR) is 46.4 cm³/mol. The third-order valence-corrected chi connectivity index (χ3v) is 1.98. The van der Waals surface area contributed by atoms with Crippen LogP contribution in [-0.4, -0.2) is 23.5 Å². The molecule has 0 radical (unpaired) electrons. The van der Waals surface area contributed by atoms with Gasteiger partial charge in [0, 0.05) is 12.7 Å². The minimum Gasteiger partial charge on any atom is -0.315 e. The normalized spacial score (nSPS) is 22.0. The first-order valence-electron chi connectivity index (χ1n) is 3.95. The number of urea groups is 1. The first-order valence-corrected chi connectivity index (χ1v) is 3.95. The fourth-order valence-corrected chi connectivity index (χ4v) is 1.35. The summed E-state index contributed by atoms with van der Waals surface area (Å²) in [5.74, 6) is 0. The number of hydrogen-bond donors (Lipinski definition) is 1. The van der Waals surface area contributed by atoms with Gasteiger partial charge in [0.2, 0.25) is 0 Å². The topological polar surface area (TPSA) is 32.3 Å². The van der Waals surface area contributed by atoms with Gasteiger partial charge >= 0.3 is 6.03 Å². The molecule has 1 N–H and O–H groups in total. The van der Waals surface area contributed by atoms with Crippen molar-refractivity contribution >= 4 is 6.03 Å². The molecule has 3 heteroatoms. The van der Waals surface area contributed by atoms with E-state index in [2.05, 4.69) is 5.32 Å². The maximum absolute atomic E-state index is 11.3. The summed E-state index contributed by atoms with van der Waals surface area (Å²) in [5, 5.41) is 2.65. The number of amides is 2. The van der Waals surface area contributed by atoms with Crippen LogP contribution in [0.2, 0.25) is 0 Å². The lowest BCUT2D eigenvalue weighted by Crippen LogP contribution is -2.45. The molecular weight excluding hydrogens is 152 g/mol. The molecule has 3 nitrogen and oxygen atoms in total. The fraction of sp³-hybridized carbons (Fsp3) is 0.222. The van der Waals surface area contributed by atoms with Crippen LogP contribution in [0.1, 0.15) is 0 Å². The van der Waals surface area contributed by atoms with Gasteiger partial charge in [-0.25, -0.2) is 4.79 Å². The van der Waals surface area contributed by atoms with Crippen molar-refractivity contribution < 1.29 is 4.79 Å². The molecule has 1 heterocycles. The molecule has 0 saturated carbocycles. The summed E-state index contributed by atoms with van der Waals surface area (Å²) >= 11 is 0. The summed E-state index contributed by atoms with van der Waals surface area (Å²) in [4.78, 5) is 13.0. The standard InChI is InChI=1S/C9H10N2O/c12-9-10-6-3-7-11(9)8-4-1-2-5-8/h1-6,8H,7H2,(H,10,12). The highest BCUT2D eigenvalue weighted by Crippen LogP contribution is 2.10. The predicted octanol–water partition coefficient (Wildman–Crippen LogP) is 1.02. The quantitative estimate of drug-likeness (QED) is 0.613. The van der Waals surface area contributed by atoms with Gasteiger partial charge in [0.05, 0.1) is 6.04 Å². The molecule has 2 amide bonds. The van der Waals surface area contributed by atoms with Crippen molar-refractivity contribution in [2.75, 3.05) is 6.54 Å². The van der Waals surface area contributed by atoms with E-state index in [4.69, 9.17) is 0 Å². The lowest BCUT2D eigenvalue weighted by atomic mass is 10.2. The number of nitrogens with one attached hydrogen (secondary N) is 1. The largest absolute Gasteiger partial charge is 0.322 e. The van der Waals surface area contributed by atoms with Crippen LogP contribution in [0.4, 0.5) is 4.79 Å². The Morgan fingerprint density at radius 1 is 1.42 bits per heavy atom. The summed E-state index contributed by atoms with van der Waals surface area (Å²) in [6.45, 7) is 0.686. The Morgan fingerprint density at radius 3 is 2.83 bits per heavy atom. The molecule has 0 aromatic carbocycles. The minimum atomic E-state index is -0.0290. The number of nitrogens with zero attached hydrogens (tertiary/aromatic N) is 1. The van der Waals surface area contributed by atoms with Crippen LogP contribution in [0.15, 0.2) is 36.6 Å². The fourth-order valence-electron chi connectivity index (χ4n) is 1.35. The van der Waals surface area contributed by atoms with Gasteiger partial charge in [-0.05, 0) is 6.08 Å². The van der Waals surface area contributed by atoms with Gasteiger partial charge in [-0.3, -0.25) is 0 Å². The minimum absolute atomic E-state index is 0.0290. The van der Waals surface area contributed by atoms with Crippen molar-refractivity contribution in [2.45, 2.75) is 6.04 Å². The molecule has 2 rings (SSSR count). The number of carbonyl (C=O) groups excluding carboxylic acids is 1. The van der Waals surface area contributed by atoms with Gasteiger partial charge in [-0.1, -0.05) is 24.3 Å². The van der Waals surface area contributed by atoms with E-state index in [0.29, 0.717) is 6.54 Å². The maximum Gasteiger partial charge on any atom is 0.322 e. The third kappa shape index (κ3) is 1.13. The Hall–Kier alpha value is -1.51. The summed E-state index contributed by atoms with van der Waals surface area (Å²) in [6.07, 6.45) is 11.5. The molecule has 0 aromatic heterocycles. The van der Waals surface area contributed by atoms with E-state index in [1.165, 1.54) is 0 Å². The molecule has 0 aromatic rings. The van der Waals surface area contributed by atoms with Crippen molar-refractivity contribution in [3.63, 3.8) is 0 Å². The second-order valence-electron chi connectivity index (χ2n) is 2.76. The molecule has 0 fully saturated rings. The first-order chi connectivity index (χ1) is 5.88. The zero-order valence-electron chi connectivity index (χ0n) is 6.60. The first kappa shape index (κ1) is 7.16. The van der Waals surface area contributed by atoms with E-state index in [0.717, 1.165) is 0 Å². The van der Waals surface area contributed by atoms with E-state index >= 15 is 0 Å². The van der Waals surface area contributed by atoms with E-state index in [9.17, 15) is 4.79 Å². The highest BCUT2D eigenvalue weighted by molar-refractivity contribution is 5.77. The van der Waals surface area contributed by atoms with Gasteiger partial charge in [-0.2, -0.15) is 0 Å². The maximum atomic E-state index is 11.3. The van der Waals surface area contributed by atoms with E-state index < -0.39 is 0 Å². The smallest absolute Gasteiger partial charge is 0.315 e. The van der Waals surface area contributed by atoms with Gasteiger partial charge in [-0.15, -0.1) is 0 Å². The molecule has 0 atom stereocenters. The van der Waals surface area contributed by atoms with Crippen molar-refractivity contribution in [1.29, 1.82) is 0 Å². The van der Waals surface area contributed by atoms with Crippen LogP contribution in [0.3, 0.4) is 0 Å². The van der Waals surface area contributed by atoms with Crippen LogP contribution < -0.4 is 5.32 Å². The van der Waals surface area contributed by atoms with Crippen LogP contribution in [0.25, 0.3) is 0 Å². The van der Waals surface area contributed by atoms with Crippen molar-refractivity contribution in [1.82, 2.24) is 10.2 Å². The molecule has 1 aliphatic heterocycles. The third-order valence-electron chi connectivity index (χ3n) is 1.98. The summed E-state index contributed by atoms with van der Waals surface area (Å²) in [6, 6.07) is 0.105. The molecule has 12 heavy (non-hydrogen) atoms. The van der Waals surface area contributed by atoms with Crippen LogP contribution in [-0.2, 0) is 0 Å². The van der Waals surface area contributed by atoms with Gasteiger partial charge in [0.15, 0.2) is 0 Å². The monoisotopic (exact) mass is 162 g/mol. The second-order valence-corrected chi connectivity index (χ2v) is 2.76. The number of rotatable bonds is 1. The van der Waals surface area contributed by atoms with Crippen molar-refractivity contribution in [3.8, 4) is 0 Å². The molecular formula is C9H10N2O. The molecule has 0 saturated heterocycles. The van der Waals surface area contributed by atoms with E-state index in [1.54, 1.807) is 11.1 Å². The summed E-state index contributed by atoms with van der Waals surface area (Å²) in [7, 11) is 0. The number of allylic oxidation sites excluding steroid dienone is 2. The highest BCUT2D eigenvalue weighted by atomic mass is 16.2. The lowest BCUT2D eigenvalue weighted by Gasteiger charge is -2.27.